The van der Waals surface area contributed by atoms with Crippen LogP contribution in [0.5, 0.6) is 0 Å². The van der Waals surface area contributed by atoms with Crippen molar-refractivity contribution in [3.63, 3.8) is 0 Å². The Morgan fingerprint density at radius 2 is 2.29 bits per heavy atom. The van der Waals surface area contributed by atoms with E-state index in [2.05, 4.69) is 23.4 Å². The third kappa shape index (κ3) is 1.93. The molecule has 3 heteroatoms. The molecule has 0 radical (unpaired) electrons. The fraction of sp³-hybridized carbons (Fsp3) is 0.182. The first-order chi connectivity index (χ1) is 6.75. The third-order valence-electron chi connectivity index (χ3n) is 2.18. The van der Waals surface area contributed by atoms with Gasteiger partial charge in [0.25, 0.3) is 0 Å². The summed E-state index contributed by atoms with van der Waals surface area (Å²) < 4.78 is 0. The number of anilines is 1. The minimum atomic E-state index is 0.594. The van der Waals surface area contributed by atoms with Gasteiger partial charge in [0.15, 0.2) is 0 Å². The molecule has 2 aromatic heterocycles. The van der Waals surface area contributed by atoms with E-state index in [1.807, 2.05) is 12.1 Å². The van der Waals surface area contributed by atoms with Gasteiger partial charge in [0.05, 0.1) is 0 Å². The normalized spacial score (nSPS) is 10.4. The molecule has 2 heterocycles. The van der Waals surface area contributed by atoms with Crippen LogP contribution in [0.2, 0.25) is 0 Å². The van der Waals surface area contributed by atoms with E-state index in [0.717, 1.165) is 6.42 Å². The number of nitrogens with two attached hydrogens (primary N) is 1. The monoisotopic (exact) mass is 204 g/mol. The van der Waals surface area contributed by atoms with Crippen LogP contribution >= 0.6 is 11.3 Å². The van der Waals surface area contributed by atoms with Crippen molar-refractivity contribution in [3.05, 3.63) is 45.8 Å². The van der Waals surface area contributed by atoms with E-state index in [9.17, 15) is 0 Å². The largest absolute Gasteiger partial charge is 0.384 e. The van der Waals surface area contributed by atoms with Crippen LogP contribution in [0.1, 0.15) is 16.0 Å². The summed E-state index contributed by atoms with van der Waals surface area (Å²) in [5.41, 5.74) is 8.20. The van der Waals surface area contributed by atoms with E-state index in [1.54, 1.807) is 17.5 Å². The van der Waals surface area contributed by atoms with Crippen LogP contribution in [0.4, 0.5) is 5.82 Å². The van der Waals surface area contributed by atoms with Gasteiger partial charge in [0.2, 0.25) is 0 Å². The van der Waals surface area contributed by atoms with E-state index >= 15 is 0 Å². The van der Waals surface area contributed by atoms with Crippen molar-refractivity contribution in [1.82, 2.24) is 4.98 Å². The van der Waals surface area contributed by atoms with E-state index < -0.39 is 0 Å². The quantitative estimate of drug-likeness (QED) is 0.816. The average Bonchev–Trinajstić information content (AvgIpc) is 2.52. The number of nitrogen functional groups attached to an aromatic ring is 1. The summed E-state index contributed by atoms with van der Waals surface area (Å²) in [7, 11) is 0. The zero-order valence-corrected chi connectivity index (χ0v) is 8.84. The fourth-order valence-corrected chi connectivity index (χ4v) is 2.32. The second kappa shape index (κ2) is 3.80. The first kappa shape index (κ1) is 9.21. The Morgan fingerprint density at radius 1 is 1.43 bits per heavy atom. The van der Waals surface area contributed by atoms with Gasteiger partial charge in [-0.3, -0.25) is 0 Å². The van der Waals surface area contributed by atoms with Gasteiger partial charge < -0.3 is 5.73 Å². The predicted octanol–water partition coefficient (Wildman–Crippen LogP) is 2.62. The van der Waals surface area contributed by atoms with Crippen molar-refractivity contribution in [2.75, 3.05) is 5.73 Å². The topological polar surface area (TPSA) is 38.9 Å². The van der Waals surface area contributed by atoms with E-state index in [-0.39, 0.29) is 0 Å². The maximum Gasteiger partial charge on any atom is 0.123 e. The predicted molar refractivity (Wildman–Crippen MR) is 60.5 cm³/mol. The molecule has 72 valence electrons. The SMILES string of the molecule is Cc1ccsc1Cc1ccnc(N)c1. The molecule has 14 heavy (non-hydrogen) atoms. The van der Waals surface area contributed by atoms with Gasteiger partial charge in [0, 0.05) is 17.5 Å². The molecule has 0 aliphatic rings. The summed E-state index contributed by atoms with van der Waals surface area (Å²) in [6, 6.07) is 6.08. The van der Waals surface area contributed by atoms with Crippen molar-refractivity contribution >= 4 is 17.2 Å². The van der Waals surface area contributed by atoms with Crippen molar-refractivity contribution in [3.8, 4) is 0 Å². The summed E-state index contributed by atoms with van der Waals surface area (Å²) in [6.45, 7) is 2.14. The Labute approximate surface area is 87.4 Å². The maximum atomic E-state index is 5.62. The molecule has 0 atom stereocenters. The van der Waals surface area contributed by atoms with Gasteiger partial charge >= 0.3 is 0 Å². The number of aryl methyl sites for hydroxylation is 1. The van der Waals surface area contributed by atoms with Crippen molar-refractivity contribution in [2.45, 2.75) is 13.3 Å². The van der Waals surface area contributed by atoms with Crippen LogP contribution in [0, 0.1) is 6.92 Å². The van der Waals surface area contributed by atoms with Crippen molar-refractivity contribution in [1.29, 1.82) is 0 Å². The lowest BCUT2D eigenvalue weighted by atomic mass is 10.1. The van der Waals surface area contributed by atoms with Crippen LogP contribution in [0.3, 0.4) is 0 Å². The number of rotatable bonds is 2. The van der Waals surface area contributed by atoms with Crippen LogP contribution in [-0.2, 0) is 6.42 Å². The number of aromatic nitrogens is 1. The molecule has 0 aliphatic carbocycles. The second-order valence-corrected chi connectivity index (χ2v) is 4.29. The van der Waals surface area contributed by atoms with Crippen LogP contribution < -0.4 is 5.73 Å². The molecule has 0 saturated carbocycles. The summed E-state index contributed by atoms with van der Waals surface area (Å²) in [4.78, 5) is 5.37. The smallest absolute Gasteiger partial charge is 0.123 e. The first-order valence-corrected chi connectivity index (χ1v) is 5.37. The van der Waals surface area contributed by atoms with Gasteiger partial charge in [-0.15, -0.1) is 11.3 Å². The molecule has 2 aromatic rings. The molecule has 0 aliphatic heterocycles. The summed E-state index contributed by atoms with van der Waals surface area (Å²) in [5.74, 6) is 0.594. The average molecular weight is 204 g/mol. The highest BCUT2D eigenvalue weighted by atomic mass is 32.1. The molecular weight excluding hydrogens is 192 g/mol. The molecule has 0 unspecified atom stereocenters. The van der Waals surface area contributed by atoms with Gasteiger partial charge in [-0.25, -0.2) is 4.98 Å². The van der Waals surface area contributed by atoms with Crippen LogP contribution in [-0.4, -0.2) is 4.98 Å². The van der Waals surface area contributed by atoms with E-state index in [1.165, 1.54) is 16.0 Å². The lowest BCUT2D eigenvalue weighted by Gasteiger charge is -2.01. The Kier molecular flexibility index (Phi) is 2.50. The Bertz CT molecular complexity index is 434. The molecule has 0 saturated heterocycles. The number of hydrogen-bond donors (Lipinski definition) is 1. The highest BCUT2D eigenvalue weighted by Gasteiger charge is 2.01. The van der Waals surface area contributed by atoms with Gasteiger partial charge in [-0.05, 0) is 41.6 Å². The molecule has 2 rings (SSSR count). The molecule has 0 spiro atoms. The molecule has 2 N–H and O–H groups in total. The van der Waals surface area contributed by atoms with Crippen molar-refractivity contribution in [2.24, 2.45) is 0 Å². The zero-order valence-electron chi connectivity index (χ0n) is 8.03. The Morgan fingerprint density at radius 3 is 2.93 bits per heavy atom. The van der Waals surface area contributed by atoms with Gasteiger partial charge in [-0.1, -0.05) is 0 Å². The summed E-state index contributed by atoms with van der Waals surface area (Å²) in [6.07, 6.45) is 2.71. The molecule has 0 bridgehead atoms. The van der Waals surface area contributed by atoms with Crippen molar-refractivity contribution < 1.29 is 0 Å². The zero-order chi connectivity index (χ0) is 9.97. The lowest BCUT2D eigenvalue weighted by Crippen LogP contribution is -1.93. The Hall–Kier alpha value is -1.35. The second-order valence-electron chi connectivity index (χ2n) is 3.29. The number of pyridine rings is 1. The Balaban J connectivity index is 2.23. The van der Waals surface area contributed by atoms with E-state index in [4.69, 9.17) is 5.73 Å². The third-order valence-corrected chi connectivity index (χ3v) is 3.20. The first-order valence-electron chi connectivity index (χ1n) is 4.49. The molecule has 0 fully saturated rings. The lowest BCUT2D eigenvalue weighted by molar-refractivity contribution is 1.18. The minimum absolute atomic E-state index is 0.594. The highest BCUT2D eigenvalue weighted by Crippen LogP contribution is 2.19. The standard InChI is InChI=1S/C11H12N2S/c1-8-3-5-14-10(8)6-9-2-4-13-11(12)7-9/h2-5,7H,6H2,1H3,(H2,12,13). The number of hydrogen-bond acceptors (Lipinski definition) is 3. The minimum Gasteiger partial charge on any atom is -0.384 e. The van der Waals surface area contributed by atoms with Gasteiger partial charge in [-0.2, -0.15) is 0 Å². The fourth-order valence-electron chi connectivity index (χ4n) is 1.37. The van der Waals surface area contributed by atoms with Crippen LogP contribution in [0.25, 0.3) is 0 Å². The van der Waals surface area contributed by atoms with E-state index in [0.29, 0.717) is 5.82 Å². The number of nitrogens with zero attached hydrogens (tertiary/aromatic N) is 1. The molecular formula is C11H12N2S. The van der Waals surface area contributed by atoms with Gasteiger partial charge in [0.1, 0.15) is 5.82 Å². The molecule has 2 nitrogen and oxygen atoms in total. The maximum absolute atomic E-state index is 5.62. The molecule has 0 aromatic carbocycles. The van der Waals surface area contributed by atoms with Crippen LogP contribution in [0.15, 0.2) is 29.8 Å². The number of thiophene rings is 1. The highest BCUT2D eigenvalue weighted by molar-refractivity contribution is 7.10. The summed E-state index contributed by atoms with van der Waals surface area (Å²) >= 11 is 1.79. The molecule has 0 amide bonds. The summed E-state index contributed by atoms with van der Waals surface area (Å²) in [5, 5.41) is 2.12.